The fraction of sp³-hybridized carbons (Fsp3) is 0.444. The Kier molecular flexibility index (Phi) is 6.37. The van der Waals surface area contributed by atoms with Gasteiger partial charge in [-0.3, -0.25) is 4.98 Å². The normalized spacial score (nSPS) is 11.0. The topological polar surface area (TPSA) is 86.5 Å². The van der Waals surface area contributed by atoms with Crippen LogP contribution in [0.1, 0.15) is 37.6 Å². The minimum Gasteiger partial charge on any atom is -0.462 e. The van der Waals surface area contributed by atoms with Crippen molar-refractivity contribution in [3.63, 3.8) is 0 Å². The average molecular weight is 331 g/mol. The lowest BCUT2D eigenvalue weighted by Crippen LogP contribution is -2.14. The second kappa shape index (κ2) is 8.49. The lowest BCUT2D eigenvalue weighted by Gasteiger charge is -2.15. The zero-order chi connectivity index (χ0) is 17.5. The third kappa shape index (κ3) is 4.35. The molecule has 0 saturated heterocycles. The Morgan fingerprint density at radius 2 is 2.17 bits per heavy atom. The van der Waals surface area contributed by atoms with Gasteiger partial charge < -0.3 is 20.5 Å². The van der Waals surface area contributed by atoms with E-state index in [0.29, 0.717) is 42.2 Å². The third-order valence-corrected chi connectivity index (χ3v) is 3.50. The van der Waals surface area contributed by atoms with E-state index in [4.69, 9.17) is 15.2 Å². The van der Waals surface area contributed by atoms with Gasteiger partial charge in [-0.25, -0.2) is 4.79 Å². The first-order valence-corrected chi connectivity index (χ1v) is 8.24. The maximum Gasteiger partial charge on any atom is 0.341 e. The molecule has 24 heavy (non-hydrogen) atoms. The number of esters is 1. The molecule has 2 aromatic rings. The zero-order valence-corrected chi connectivity index (χ0v) is 14.5. The van der Waals surface area contributed by atoms with E-state index in [0.717, 1.165) is 11.8 Å². The number of fused-ring (bicyclic) bond motifs is 1. The van der Waals surface area contributed by atoms with Crippen LogP contribution in [0.4, 0.5) is 11.4 Å². The number of para-hydroxylation sites is 1. The summed E-state index contributed by atoms with van der Waals surface area (Å²) < 4.78 is 10.7. The second-order valence-corrected chi connectivity index (χ2v) is 5.71. The SMILES string of the molecule is CCOC(=O)c1cnc2c(N)cccc2c1NCCCOC(C)C. The van der Waals surface area contributed by atoms with Crippen LogP contribution in [-0.2, 0) is 9.47 Å². The molecule has 0 unspecified atom stereocenters. The number of aromatic nitrogens is 1. The Balaban J connectivity index is 2.26. The van der Waals surface area contributed by atoms with Crippen LogP contribution in [0, 0.1) is 0 Å². The van der Waals surface area contributed by atoms with Gasteiger partial charge in [0.05, 0.1) is 29.6 Å². The molecule has 1 aromatic heterocycles. The van der Waals surface area contributed by atoms with Gasteiger partial charge in [0, 0.05) is 24.7 Å². The summed E-state index contributed by atoms with van der Waals surface area (Å²) in [5, 5.41) is 4.13. The molecular weight excluding hydrogens is 306 g/mol. The molecule has 6 heteroatoms. The van der Waals surface area contributed by atoms with Crippen molar-refractivity contribution in [2.75, 3.05) is 30.8 Å². The molecule has 6 nitrogen and oxygen atoms in total. The van der Waals surface area contributed by atoms with Crippen molar-refractivity contribution in [2.24, 2.45) is 0 Å². The number of anilines is 2. The monoisotopic (exact) mass is 331 g/mol. The van der Waals surface area contributed by atoms with Crippen molar-refractivity contribution in [2.45, 2.75) is 33.3 Å². The van der Waals surface area contributed by atoms with Gasteiger partial charge in [-0.2, -0.15) is 0 Å². The summed E-state index contributed by atoms with van der Waals surface area (Å²) in [5.41, 5.74) is 8.36. The minimum absolute atomic E-state index is 0.210. The Hall–Kier alpha value is -2.34. The number of nitrogens with zero attached hydrogens (tertiary/aromatic N) is 1. The number of pyridine rings is 1. The lowest BCUT2D eigenvalue weighted by molar-refractivity contribution is 0.0527. The predicted molar refractivity (Wildman–Crippen MR) is 96.3 cm³/mol. The van der Waals surface area contributed by atoms with Crippen LogP contribution in [0.25, 0.3) is 10.9 Å². The van der Waals surface area contributed by atoms with Gasteiger partial charge in [0.1, 0.15) is 5.56 Å². The van der Waals surface area contributed by atoms with Crippen molar-refractivity contribution in [3.05, 3.63) is 30.0 Å². The van der Waals surface area contributed by atoms with Crippen molar-refractivity contribution < 1.29 is 14.3 Å². The van der Waals surface area contributed by atoms with Crippen LogP contribution in [0.2, 0.25) is 0 Å². The number of hydrogen-bond donors (Lipinski definition) is 2. The third-order valence-electron chi connectivity index (χ3n) is 3.50. The van der Waals surface area contributed by atoms with Gasteiger partial charge in [-0.15, -0.1) is 0 Å². The molecular formula is C18H25N3O3. The molecule has 0 saturated carbocycles. The minimum atomic E-state index is -0.393. The summed E-state index contributed by atoms with van der Waals surface area (Å²) in [7, 11) is 0. The molecule has 0 radical (unpaired) electrons. The number of hydrogen-bond acceptors (Lipinski definition) is 6. The zero-order valence-electron chi connectivity index (χ0n) is 14.5. The number of carbonyl (C=O) groups excluding carboxylic acids is 1. The number of carbonyl (C=O) groups is 1. The number of nitrogens with two attached hydrogens (primary N) is 1. The summed E-state index contributed by atoms with van der Waals surface area (Å²) >= 11 is 0. The van der Waals surface area contributed by atoms with Crippen LogP contribution in [0.5, 0.6) is 0 Å². The summed E-state index contributed by atoms with van der Waals surface area (Å²) in [5.74, 6) is -0.393. The molecule has 1 aromatic carbocycles. The van der Waals surface area contributed by atoms with Crippen LogP contribution in [0.3, 0.4) is 0 Å². The van der Waals surface area contributed by atoms with Crippen molar-refractivity contribution in [1.82, 2.24) is 4.98 Å². The van der Waals surface area contributed by atoms with Crippen LogP contribution < -0.4 is 11.1 Å². The van der Waals surface area contributed by atoms with E-state index in [2.05, 4.69) is 10.3 Å². The maximum atomic E-state index is 12.2. The van der Waals surface area contributed by atoms with Gasteiger partial charge in [0.25, 0.3) is 0 Å². The summed E-state index contributed by atoms with van der Waals surface area (Å²) in [6.07, 6.45) is 2.55. The molecule has 0 amide bonds. The number of nitrogens with one attached hydrogen (secondary N) is 1. The Morgan fingerprint density at radius 3 is 2.88 bits per heavy atom. The Morgan fingerprint density at radius 1 is 1.38 bits per heavy atom. The van der Waals surface area contributed by atoms with E-state index in [1.165, 1.54) is 6.20 Å². The molecule has 0 aliphatic carbocycles. The first-order valence-electron chi connectivity index (χ1n) is 8.24. The van der Waals surface area contributed by atoms with Crippen molar-refractivity contribution >= 4 is 28.2 Å². The highest BCUT2D eigenvalue weighted by atomic mass is 16.5. The predicted octanol–water partition coefficient (Wildman–Crippen LogP) is 3.22. The molecule has 0 fully saturated rings. The fourth-order valence-electron chi connectivity index (χ4n) is 2.40. The molecule has 0 spiro atoms. The summed E-state index contributed by atoms with van der Waals surface area (Å²) in [6, 6.07) is 5.54. The number of nitrogen functional groups attached to an aromatic ring is 1. The van der Waals surface area contributed by atoms with E-state index < -0.39 is 5.97 Å². The number of rotatable bonds is 8. The standard InChI is InChI=1S/C18H25N3O3/c1-4-23-18(22)14-11-21-17-13(7-5-8-15(17)19)16(14)20-9-6-10-24-12(2)3/h5,7-8,11-12H,4,6,9-10,19H2,1-3H3,(H,20,21). The van der Waals surface area contributed by atoms with Gasteiger partial charge in [-0.05, 0) is 33.3 Å². The van der Waals surface area contributed by atoms with E-state index >= 15 is 0 Å². The molecule has 0 aliphatic rings. The van der Waals surface area contributed by atoms with Gasteiger partial charge in [0.2, 0.25) is 0 Å². The van der Waals surface area contributed by atoms with Gasteiger partial charge >= 0.3 is 5.97 Å². The first-order chi connectivity index (χ1) is 11.5. The molecule has 2 rings (SSSR count). The van der Waals surface area contributed by atoms with E-state index in [-0.39, 0.29) is 6.10 Å². The first kappa shape index (κ1) is 18.0. The molecule has 0 bridgehead atoms. The van der Waals surface area contributed by atoms with Crippen molar-refractivity contribution in [1.29, 1.82) is 0 Å². The van der Waals surface area contributed by atoms with Crippen molar-refractivity contribution in [3.8, 4) is 0 Å². The number of benzene rings is 1. The summed E-state index contributed by atoms with van der Waals surface area (Å²) in [4.78, 5) is 16.5. The van der Waals surface area contributed by atoms with Crippen LogP contribution in [-0.4, -0.2) is 36.8 Å². The van der Waals surface area contributed by atoms with E-state index in [9.17, 15) is 4.79 Å². The number of ether oxygens (including phenoxy) is 2. The summed E-state index contributed by atoms with van der Waals surface area (Å²) in [6.45, 7) is 7.44. The maximum absolute atomic E-state index is 12.2. The van der Waals surface area contributed by atoms with Gasteiger partial charge in [0.15, 0.2) is 0 Å². The Labute approximate surface area is 142 Å². The average Bonchev–Trinajstić information content (AvgIpc) is 2.54. The lowest BCUT2D eigenvalue weighted by atomic mass is 10.1. The highest BCUT2D eigenvalue weighted by Gasteiger charge is 2.17. The molecule has 0 aliphatic heterocycles. The van der Waals surface area contributed by atoms with Gasteiger partial charge in [-0.1, -0.05) is 12.1 Å². The highest BCUT2D eigenvalue weighted by Crippen LogP contribution is 2.29. The van der Waals surface area contributed by atoms with E-state index in [1.54, 1.807) is 13.0 Å². The highest BCUT2D eigenvalue weighted by molar-refractivity contribution is 6.07. The largest absolute Gasteiger partial charge is 0.462 e. The molecule has 3 N–H and O–H groups in total. The fourth-order valence-corrected chi connectivity index (χ4v) is 2.40. The van der Waals surface area contributed by atoms with Crippen LogP contribution in [0.15, 0.2) is 24.4 Å². The molecule has 1 heterocycles. The second-order valence-electron chi connectivity index (χ2n) is 5.71. The quantitative estimate of drug-likeness (QED) is 0.439. The smallest absolute Gasteiger partial charge is 0.341 e. The molecule has 130 valence electrons. The van der Waals surface area contributed by atoms with Crippen LogP contribution >= 0.6 is 0 Å². The van der Waals surface area contributed by atoms with E-state index in [1.807, 2.05) is 26.0 Å². The molecule has 0 atom stereocenters. The Bertz CT molecular complexity index is 701.